The fourth-order valence-corrected chi connectivity index (χ4v) is 2.39. The van der Waals surface area contributed by atoms with Crippen LogP contribution in [0.1, 0.15) is 6.92 Å². The summed E-state index contributed by atoms with van der Waals surface area (Å²) in [5, 5.41) is 3.19. The number of hydrogen-bond acceptors (Lipinski definition) is 4. The van der Waals surface area contributed by atoms with E-state index in [-0.39, 0.29) is 35.4 Å². The molecule has 0 unspecified atom stereocenters. The smallest absolute Gasteiger partial charge is 0.328 e. The number of aromatic nitrogens is 2. The van der Waals surface area contributed by atoms with Gasteiger partial charge < -0.3 is 10.2 Å². The SMILES string of the molecule is C[C@H]1CNCCN1C(=O)Cn1cc(Br)c(=O)[nH]c1=O.Cl. The van der Waals surface area contributed by atoms with Gasteiger partial charge in [-0.05, 0) is 22.9 Å². The third-order valence-corrected chi connectivity index (χ3v) is 3.66. The monoisotopic (exact) mass is 366 g/mol. The van der Waals surface area contributed by atoms with Gasteiger partial charge in [0, 0.05) is 31.9 Å². The summed E-state index contributed by atoms with van der Waals surface area (Å²) >= 11 is 3.04. The molecule has 1 fully saturated rings. The molecule has 0 saturated carbocycles. The van der Waals surface area contributed by atoms with Crippen molar-refractivity contribution < 1.29 is 4.79 Å². The number of rotatable bonds is 2. The largest absolute Gasteiger partial charge is 0.336 e. The number of carbonyl (C=O) groups is 1. The van der Waals surface area contributed by atoms with Crippen molar-refractivity contribution in [2.24, 2.45) is 0 Å². The number of nitrogens with one attached hydrogen (secondary N) is 2. The number of amides is 1. The summed E-state index contributed by atoms with van der Waals surface area (Å²) in [5.74, 6) is -0.130. The molecule has 0 bridgehead atoms. The predicted molar refractivity (Wildman–Crippen MR) is 80.3 cm³/mol. The molecule has 1 aromatic rings. The van der Waals surface area contributed by atoms with E-state index in [1.807, 2.05) is 6.92 Å². The van der Waals surface area contributed by atoms with Gasteiger partial charge in [0.15, 0.2) is 0 Å². The first-order chi connectivity index (χ1) is 8.99. The highest BCUT2D eigenvalue weighted by molar-refractivity contribution is 9.10. The molecule has 1 aliphatic rings. The molecule has 1 aromatic heterocycles. The zero-order chi connectivity index (χ0) is 14.0. The molecular weight excluding hydrogens is 352 g/mol. The van der Waals surface area contributed by atoms with Gasteiger partial charge in [0.1, 0.15) is 6.54 Å². The van der Waals surface area contributed by atoms with Crippen molar-refractivity contribution >= 4 is 34.2 Å². The summed E-state index contributed by atoms with van der Waals surface area (Å²) < 4.78 is 1.43. The highest BCUT2D eigenvalue weighted by Crippen LogP contribution is 2.04. The Bertz CT molecular complexity index is 600. The maximum atomic E-state index is 12.2. The van der Waals surface area contributed by atoms with Crippen LogP contribution in [0, 0.1) is 0 Å². The lowest BCUT2D eigenvalue weighted by Crippen LogP contribution is -2.53. The highest BCUT2D eigenvalue weighted by Gasteiger charge is 2.23. The van der Waals surface area contributed by atoms with Crippen molar-refractivity contribution in [3.8, 4) is 0 Å². The zero-order valence-corrected chi connectivity index (χ0v) is 13.3. The summed E-state index contributed by atoms with van der Waals surface area (Å²) in [6.45, 7) is 4.00. The third kappa shape index (κ3) is 3.71. The minimum Gasteiger partial charge on any atom is -0.336 e. The Labute approximate surface area is 129 Å². The maximum Gasteiger partial charge on any atom is 0.328 e. The summed E-state index contributed by atoms with van der Waals surface area (Å²) in [5.41, 5.74) is -1.08. The molecule has 2 heterocycles. The topological polar surface area (TPSA) is 87.2 Å². The van der Waals surface area contributed by atoms with E-state index in [1.165, 1.54) is 10.8 Å². The quantitative estimate of drug-likeness (QED) is 0.741. The van der Waals surface area contributed by atoms with E-state index in [2.05, 4.69) is 26.2 Å². The molecule has 0 radical (unpaired) electrons. The fourth-order valence-electron chi connectivity index (χ4n) is 2.05. The first-order valence-corrected chi connectivity index (χ1v) is 6.78. The third-order valence-electron chi connectivity index (χ3n) is 3.09. The van der Waals surface area contributed by atoms with Crippen molar-refractivity contribution in [2.45, 2.75) is 19.5 Å². The minimum atomic E-state index is -0.579. The number of aromatic amines is 1. The molecule has 7 nitrogen and oxygen atoms in total. The van der Waals surface area contributed by atoms with Crippen LogP contribution >= 0.6 is 28.3 Å². The standard InChI is InChI=1S/C11H15BrN4O3.ClH/c1-7-4-13-2-3-16(7)9(17)6-15-5-8(12)10(18)14-11(15)19;/h5,7,13H,2-4,6H2,1H3,(H,14,18,19);1H/t7-;/m0./s1. The average Bonchev–Trinajstić information content (AvgIpc) is 2.36. The second kappa shape index (κ2) is 7.05. The predicted octanol–water partition coefficient (Wildman–Crippen LogP) is -0.459. The molecule has 1 aliphatic heterocycles. The van der Waals surface area contributed by atoms with Crippen LogP contribution in [0.5, 0.6) is 0 Å². The van der Waals surface area contributed by atoms with Crippen LogP contribution in [0.2, 0.25) is 0 Å². The molecule has 0 spiro atoms. The van der Waals surface area contributed by atoms with Crippen LogP contribution in [0.25, 0.3) is 0 Å². The van der Waals surface area contributed by atoms with Crippen molar-refractivity contribution in [3.63, 3.8) is 0 Å². The molecule has 1 amide bonds. The lowest BCUT2D eigenvalue weighted by molar-refractivity contribution is -0.134. The van der Waals surface area contributed by atoms with E-state index in [0.29, 0.717) is 6.54 Å². The highest BCUT2D eigenvalue weighted by atomic mass is 79.9. The van der Waals surface area contributed by atoms with E-state index in [4.69, 9.17) is 0 Å². The van der Waals surface area contributed by atoms with Gasteiger partial charge in [-0.15, -0.1) is 12.4 Å². The second-order valence-electron chi connectivity index (χ2n) is 4.50. The number of halogens is 2. The maximum absolute atomic E-state index is 12.2. The lowest BCUT2D eigenvalue weighted by Gasteiger charge is -2.34. The summed E-state index contributed by atoms with van der Waals surface area (Å²) in [6, 6.07) is 0.100. The molecule has 2 N–H and O–H groups in total. The van der Waals surface area contributed by atoms with Gasteiger partial charge in [-0.2, -0.15) is 0 Å². The molecule has 0 aliphatic carbocycles. The van der Waals surface area contributed by atoms with Crippen LogP contribution in [0.3, 0.4) is 0 Å². The Kier molecular flexibility index (Phi) is 5.97. The van der Waals surface area contributed by atoms with Crippen molar-refractivity contribution in [2.75, 3.05) is 19.6 Å². The van der Waals surface area contributed by atoms with Crippen LogP contribution in [0.4, 0.5) is 0 Å². The summed E-state index contributed by atoms with van der Waals surface area (Å²) in [4.78, 5) is 38.9. The van der Waals surface area contributed by atoms with Crippen molar-refractivity contribution in [3.05, 3.63) is 31.5 Å². The molecule has 9 heteroatoms. The lowest BCUT2D eigenvalue weighted by atomic mass is 10.2. The average molecular weight is 368 g/mol. The molecule has 1 saturated heterocycles. The van der Waals surface area contributed by atoms with Crippen LogP contribution in [-0.4, -0.2) is 46.0 Å². The van der Waals surface area contributed by atoms with E-state index in [0.717, 1.165) is 13.1 Å². The normalized spacial score (nSPS) is 18.5. The van der Waals surface area contributed by atoms with Crippen LogP contribution in [-0.2, 0) is 11.3 Å². The minimum absolute atomic E-state index is 0. The Morgan fingerprint density at radius 1 is 1.50 bits per heavy atom. The van der Waals surface area contributed by atoms with Gasteiger partial charge in [0.05, 0.1) is 4.47 Å². The first kappa shape index (κ1) is 16.9. The molecule has 2 rings (SSSR count). The molecule has 1 atom stereocenters. The number of nitrogens with zero attached hydrogens (tertiary/aromatic N) is 2. The van der Waals surface area contributed by atoms with Gasteiger partial charge in [-0.25, -0.2) is 4.79 Å². The zero-order valence-electron chi connectivity index (χ0n) is 10.9. The number of hydrogen-bond donors (Lipinski definition) is 2. The van der Waals surface area contributed by atoms with Crippen molar-refractivity contribution in [1.29, 1.82) is 0 Å². The summed E-state index contributed by atoms with van der Waals surface area (Å²) in [7, 11) is 0. The van der Waals surface area contributed by atoms with E-state index in [9.17, 15) is 14.4 Å². The van der Waals surface area contributed by atoms with E-state index < -0.39 is 11.2 Å². The molecule has 112 valence electrons. The Hall–Kier alpha value is -1.12. The van der Waals surface area contributed by atoms with Crippen molar-refractivity contribution in [1.82, 2.24) is 19.8 Å². The Morgan fingerprint density at radius 2 is 2.20 bits per heavy atom. The molecule has 0 aromatic carbocycles. The number of carbonyl (C=O) groups excluding carboxylic acids is 1. The van der Waals surface area contributed by atoms with Crippen LogP contribution in [0.15, 0.2) is 20.3 Å². The van der Waals surface area contributed by atoms with Gasteiger partial charge in [0.25, 0.3) is 5.56 Å². The first-order valence-electron chi connectivity index (χ1n) is 5.98. The van der Waals surface area contributed by atoms with Crippen LogP contribution < -0.4 is 16.6 Å². The number of H-pyrrole nitrogens is 1. The number of piperazine rings is 1. The van der Waals surface area contributed by atoms with E-state index in [1.54, 1.807) is 4.90 Å². The van der Waals surface area contributed by atoms with Gasteiger partial charge >= 0.3 is 5.69 Å². The van der Waals surface area contributed by atoms with E-state index >= 15 is 0 Å². The van der Waals surface area contributed by atoms with Gasteiger partial charge in [-0.3, -0.25) is 19.1 Å². The molecular formula is C11H16BrClN4O3. The van der Waals surface area contributed by atoms with Gasteiger partial charge in [-0.1, -0.05) is 0 Å². The summed E-state index contributed by atoms with van der Waals surface area (Å²) in [6.07, 6.45) is 1.34. The van der Waals surface area contributed by atoms with Gasteiger partial charge in [0.2, 0.25) is 5.91 Å². The second-order valence-corrected chi connectivity index (χ2v) is 5.36. The Balaban J connectivity index is 0.00000200. The molecule has 20 heavy (non-hydrogen) atoms. The Morgan fingerprint density at radius 3 is 2.85 bits per heavy atom. The fraction of sp³-hybridized carbons (Fsp3) is 0.545.